The second kappa shape index (κ2) is 7.66. The Morgan fingerprint density at radius 2 is 1.86 bits per heavy atom. The first-order valence-electron chi connectivity index (χ1n) is 9.99. The average Bonchev–Trinajstić information content (AvgIpc) is 3.28. The number of carbonyl (C=O) groups is 2. The zero-order valence-electron chi connectivity index (χ0n) is 16.4. The molecule has 0 bridgehead atoms. The molecule has 1 atom stereocenters. The van der Waals surface area contributed by atoms with E-state index in [0.29, 0.717) is 6.54 Å². The maximum absolute atomic E-state index is 12.7. The predicted octanol–water partition coefficient (Wildman–Crippen LogP) is 3.95. The molecule has 0 spiro atoms. The van der Waals surface area contributed by atoms with Gasteiger partial charge in [-0.1, -0.05) is 6.07 Å². The molecule has 1 aliphatic carbocycles. The molecule has 2 aliphatic rings. The largest absolute Gasteiger partial charge is 0.491 e. The number of aryl methyl sites for hydroxylation is 2. The van der Waals surface area contributed by atoms with Crippen LogP contribution in [0, 0.1) is 5.92 Å². The van der Waals surface area contributed by atoms with E-state index in [9.17, 15) is 9.59 Å². The molecule has 1 N–H and O–H groups in total. The summed E-state index contributed by atoms with van der Waals surface area (Å²) in [7, 11) is 0. The van der Waals surface area contributed by atoms with Crippen LogP contribution in [0.4, 0.5) is 11.4 Å². The molecule has 2 aromatic carbocycles. The summed E-state index contributed by atoms with van der Waals surface area (Å²) in [6, 6.07) is 13.6. The molecule has 5 nitrogen and oxygen atoms in total. The van der Waals surface area contributed by atoms with Crippen LogP contribution in [0.3, 0.4) is 0 Å². The van der Waals surface area contributed by atoms with Gasteiger partial charge >= 0.3 is 0 Å². The summed E-state index contributed by atoms with van der Waals surface area (Å²) in [4.78, 5) is 26.9. The van der Waals surface area contributed by atoms with E-state index in [1.807, 2.05) is 44.2 Å². The van der Waals surface area contributed by atoms with E-state index in [4.69, 9.17) is 4.74 Å². The topological polar surface area (TPSA) is 58.6 Å². The number of nitrogens with one attached hydrogen (secondary N) is 1. The minimum atomic E-state index is -0.340. The highest BCUT2D eigenvalue weighted by Crippen LogP contribution is 2.29. The van der Waals surface area contributed by atoms with Crippen molar-refractivity contribution in [2.45, 2.75) is 45.6 Å². The maximum Gasteiger partial charge on any atom is 0.229 e. The molecule has 0 unspecified atom stereocenters. The molecule has 2 amide bonds. The fourth-order valence-electron chi connectivity index (χ4n) is 4.00. The highest BCUT2D eigenvalue weighted by molar-refractivity contribution is 6.03. The lowest BCUT2D eigenvalue weighted by Crippen LogP contribution is -2.28. The fourth-order valence-corrected chi connectivity index (χ4v) is 4.00. The Labute approximate surface area is 165 Å². The molecule has 2 aromatic rings. The SMILES string of the molecule is CC(C)Oc1ccc(N2C[C@H](C(=O)Nc3ccc4c(c3)CCC4)CC2=O)cc1. The van der Waals surface area contributed by atoms with E-state index >= 15 is 0 Å². The number of rotatable bonds is 5. The van der Waals surface area contributed by atoms with Gasteiger partial charge in [0.2, 0.25) is 11.8 Å². The van der Waals surface area contributed by atoms with Crippen LogP contribution in [0.2, 0.25) is 0 Å². The van der Waals surface area contributed by atoms with Crippen molar-refractivity contribution in [1.82, 2.24) is 0 Å². The van der Waals surface area contributed by atoms with Crippen molar-refractivity contribution in [3.63, 3.8) is 0 Å². The minimum Gasteiger partial charge on any atom is -0.491 e. The van der Waals surface area contributed by atoms with Crippen LogP contribution in [-0.2, 0) is 22.4 Å². The molecule has 0 saturated carbocycles. The monoisotopic (exact) mass is 378 g/mol. The molecule has 1 fully saturated rings. The molecule has 5 heteroatoms. The second-order valence-electron chi connectivity index (χ2n) is 7.89. The molecular weight excluding hydrogens is 352 g/mol. The Balaban J connectivity index is 1.40. The van der Waals surface area contributed by atoms with Gasteiger partial charge in [-0.3, -0.25) is 9.59 Å². The summed E-state index contributed by atoms with van der Waals surface area (Å²) in [5, 5.41) is 3.00. The van der Waals surface area contributed by atoms with Crippen molar-refractivity contribution in [3.05, 3.63) is 53.6 Å². The maximum atomic E-state index is 12.7. The van der Waals surface area contributed by atoms with Gasteiger partial charge in [-0.05, 0) is 80.6 Å². The van der Waals surface area contributed by atoms with Crippen LogP contribution in [0.15, 0.2) is 42.5 Å². The molecule has 0 radical (unpaired) electrons. The number of ether oxygens (including phenoxy) is 1. The quantitative estimate of drug-likeness (QED) is 0.857. The van der Waals surface area contributed by atoms with Crippen molar-refractivity contribution in [2.24, 2.45) is 5.92 Å². The van der Waals surface area contributed by atoms with E-state index in [-0.39, 0.29) is 30.3 Å². The number of nitrogens with zero attached hydrogens (tertiary/aromatic N) is 1. The molecule has 0 aromatic heterocycles. The molecule has 146 valence electrons. The lowest BCUT2D eigenvalue weighted by Gasteiger charge is -2.18. The van der Waals surface area contributed by atoms with Gasteiger partial charge in [-0.25, -0.2) is 0 Å². The van der Waals surface area contributed by atoms with Gasteiger partial charge in [0.1, 0.15) is 5.75 Å². The van der Waals surface area contributed by atoms with E-state index in [0.717, 1.165) is 30.0 Å². The van der Waals surface area contributed by atoms with Crippen LogP contribution in [-0.4, -0.2) is 24.5 Å². The van der Waals surface area contributed by atoms with Crippen molar-refractivity contribution in [1.29, 1.82) is 0 Å². The van der Waals surface area contributed by atoms with Gasteiger partial charge < -0.3 is 15.0 Å². The summed E-state index contributed by atoms with van der Waals surface area (Å²) in [5.41, 5.74) is 4.33. The summed E-state index contributed by atoms with van der Waals surface area (Å²) < 4.78 is 5.65. The number of fused-ring (bicyclic) bond motifs is 1. The Morgan fingerprint density at radius 1 is 1.11 bits per heavy atom. The first-order valence-corrected chi connectivity index (χ1v) is 9.99. The molecule has 1 aliphatic heterocycles. The zero-order chi connectivity index (χ0) is 19.7. The first kappa shape index (κ1) is 18.5. The molecular formula is C23H26N2O3. The van der Waals surface area contributed by atoms with E-state index in [1.165, 1.54) is 17.5 Å². The fraction of sp³-hybridized carbons (Fsp3) is 0.391. The second-order valence-corrected chi connectivity index (χ2v) is 7.89. The average molecular weight is 378 g/mol. The van der Waals surface area contributed by atoms with E-state index in [1.54, 1.807) is 4.90 Å². The van der Waals surface area contributed by atoms with Gasteiger partial charge in [0, 0.05) is 24.3 Å². The molecule has 1 heterocycles. The van der Waals surface area contributed by atoms with Crippen molar-refractivity contribution in [2.75, 3.05) is 16.8 Å². The van der Waals surface area contributed by atoms with Crippen LogP contribution < -0.4 is 15.0 Å². The van der Waals surface area contributed by atoms with Gasteiger partial charge in [0.25, 0.3) is 0 Å². The number of hydrogen-bond acceptors (Lipinski definition) is 3. The van der Waals surface area contributed by atoms with Crippen LogP contribution >= 0.6 is 0 Å². The summed E-state index contributed by atoms with van der Waals surface area (Å²) in [6.45, 7) is 4.35. The number of benzene rings is 2. The Bertz CT molecular complexity index is 889. The van der Waals surface area contributed by atoms with Crippen molar-refractivity contribution in [3.8, 4) is 5.75 Å². The van der Waals surface area contributed by atoms with Crippen molar-refractivity contribution < 1.29 is 14.3 Å². The summed E-state index contributed by atoms with van der Waals surface area (Å²) >= 11 is 0. The summed E-state index contributed by atoms with van der Waals surface area (Å²) in [5.74, 6) is 0.323. The van der Waals surface area contributed by atoms with Gasteiger partial charge in [-0.2, -0.15) is 0 Å². The highest BCUT2D eigenvalue weighted by atomic mass is 16.5. The van der Waals surface area contributed by atoms with E-state index < -0.39 is 0 Å². The van der Waals surface area contributed by atoms with Gasteiger partial charge in [-0.15, -0.1) is 0 Å². The van der Waals surface area contributed by atoms with Crippen LogP contribution in [0.25, 0.3) is 0 Å². The van der Waals surface area contributed by atoms with Crippen LogP contribution in [0.5, 0.6) is 5.75 Å². The first-order chi connectivity index (χ1) is 13.5. The highest BCUT2D eigenvalue weighted by Gasteiger charge is 2.35. The predicted molar refractivity (Wildman–Crippen MR) is 110 cm³/mol. The third-order valence-electron chi connectivity index (χ3n) is 5.38. The van der Waals surface area contributed by atoms with Crippen LogP contribution in [0.1, 0.15) is 37.8 Å². The number of hydrogen-bond donors (Lipinski definition) is 1. The number of carbonyl (C=O) groups excluding carboxylic acids is 2. The smallest absolute Gasteiger partial charge is 0.229 e. The normalized spacial score (nSPS) is 18.5. The Kier molecular flexibility index (Phi) is 5.07. The Morgan fingerprint density at radius 3 is 2.61 bits per heavy atom. The summed E-state index contributed by atoms with van der Waals surface area (Å²) in [6.07, 6.45) is 3.72. The minimum absolute atomic E-state index is 0.0216. The van der Waals surface area contributed by atoms with Crippen molar-refractivity contribution >= 4 is 23.2 Å². The number of amides is 2. The third kappa shape index (κ3) is 3.88. The third-order valence-corrected chi connectivity index (χ3v) is 5.38. The van der Waals surface area contributed by atoms with E-state index in [2.05, 4.69) is 17.4 Å². The standard InChI is InChI=1S/C23H26N2O3/c1-15(2)28-21-10-8-20(9-11-21)25-14-18(13-22(25)26)23(27)24-19-7-6-16-4-3-5-17(16)12-19/h6-12,15,18H,3-5,13-14H2,1-2H3,(H,24,27)/t18-/m1/s1. The molecule has 28 heavy (non-hydrogen) atoms. The number of anilines is 2. The molecule has 1 saturated heterocycles. The molecule has 4 rings (SSSR count). The lowest BCUT2D eigenvalue weighted by atomic mass is 10.1. The Hall–Kier alpha value is -2.82. The van der Waals surface area contributed by atoms with Gasteiger partial charge in [0.15, 0.2) is 0 Å². The zero-order valence-corrected chi connectivity index (χ0v) is 16.4. The van der Waals surface area contributed by atoms with Gasteiger partial charge in [0.05, 0.1) is 12.0 Å². The lowest BCUT2D eigenvalue weighted by molar-refractivity contribution is -0.122.